The summed E-state index contributed by atoms with van der Waals surface area (Å²) in [6.45, 7) is 4.64. The molecule has 0 aliphatic carbocycles. The van der Waals surface area contributed by atoms with Gasteiger partial charge in [0.05, 0.1) is 19.1 Å². The molecule has 0 heterocycles. The molecule has 1 atom stereocenters. The minimum atomic E-state index is -3.56. The number of carbonyl (C=O) groups is 2. The van der Waals surface area contributed by atoms with Gasteiger partial charge in [0.1, 0.15) is 11.8 Å². The van der Waals surface area contributed by atoms with Crippen LogP contribution in [0.1, 0.15) is 45.1 Å². The Kier molecular flexibility index (Phi) is 11.5. The number of unbranched alkanes of at least 4 members (excludes halogenated alkanes) is 1. The van der Waals surface area contributed by atoms with E-state index in [1.165, 1.54) is 9.21 Å². The Morgan fingerprint density at radius 1 is 1.11 bits per heavy atom. The SMILES string of the molecule is CCCCNC(=O)[C@H](C)N(Cc1cccc(OC)c1)C(=O)CCCN(c1ccc(Cl)cc1)S(C)(=O)=O. The quantitative estimate of drug-likeness (QED) is 0.364. The van der Waals surface area contributed by atoms with Crippen molar-refractivity contribution < 1.29 is 22.7 Å². The highest BCUT2D eigenvalue weighted by atomic mass is 35.5. The fourth-order valence-corrected chi connectivity index (χ4v) is 4.79. The van der Waals surface area contributed by atoms with Crippen LogP contribution in [-0.2, 0) is 26.2 Å². The van der Waals surface area contributed by atoms with Crippen LogP contribution >= 0.6 is 11.6 Å². The van der Waals surface area contributed by atoms with Crippen molar-refractivity contribution in [2.24, 2.45) is 0 Å². The molecule has 0 saturated heterocycles. The van der Waals surface area contributed by atoms with Crippen LogP contribution in [0.25, 0.3) is 0 Å². The maximum Gasteiger partial charge on any atom is 0.242 e. The second kappa shape index (κ2) is 14.1. The Bertz CT molecular complexity index is 1110. The lowest BCUT2D eigenvalue weighted by atomic mass is 10.1. The summed E-state index contributed by atoms with van der Waals surface area (Å²) in [4.78, 5) is 27.6. The third kappa shape index (κ3) is 9.02. The van der Waals surface area contributed by atoms with Gasteiger partial charge in [0, 0.05) is 31.1 Å². The minimum Gasteiger partial charge on any atom is -0.497 e. The number of nitrogens with zero attached hydrogens (tertiary/aromatic N) is 2. The number of halogens is 1. The summed E-state index contributed by atoms with van der Waals surface area (Å²) in [5.41, 5.74) is 1.31. The number of ether oxygens (including phenoxy) is 1. The molecule has 2 aromatic rings. The molecule has 0 aliphatic heterocycles. The van der Waals surface area contributed by atoms with Crippen molar-refractivity contribution in [2.75, 3.05) is 30.8 Å². The van der Waals surface area contributed by atoms with Crippen molar-refractivity contribution in [3.8, 4) is 5.75 Å². The lowest BCUT2D eigenvalue weighted by Gasteiger charge is -2.29. The number of anilines is 1. The highest BCUT2D eigenvalue weighted by molar-refractivity contribution is 7.92. The van der Waals surface area contributed by atoms with Gasteiger partial charge in [-0.25, -0.2) is 8.42 Å². The summed E-state index contributed by atoms with van der Waals surface area (Å²) in [5.74, 6) is 0.200. The smallest absolute Gasteiger partial charge is 0.242 e. The fraction of sp³-hybridized carbons (Fsp3) is 0.462. The van der Waals surface area contributed by atoms with Crippen molar-refractivity contribution >= 4 is 39.1 Å². The summed E-state index contributed by atoms with van der Waals surface area (Å²) in [7, 11) is -1.99. The monoisotopic (exact) mass is 537 g/mol. The molecule has 2 amide bonds. The number of nitrogens with one attached hydrogen (secondary N) is 1. The van der Waals surface area contributed by atoms with Gasteiger partial charge in [-0.15, -0.1) is 0 Å². The molecule has 0 bridgehead atoms. The van der Waals surface area contributed by atoms with Crippen LogP contribution in [0.4, 0.5) is 5.69 Å². The normalized spacial score (nSPS) is 12.0. The molecule has 8 nitrogen and oxygen atoms in total. The van der Waals surface area contributed by atoms with E-state index in [0.29, 0.717) is 23.0 Å². The molecule has 10 heteroatoms. The van der Waals surface area contributed by atoms with Crippen LogP contribution in [0.2, 0.25) is 5.02 Å². The standard InChI is InChI=1S/C26H36ClN3O5S/c1-5-6-16-28-26(32)20(2)29(19-21-9-7-10-24(18-21)35-3)25(31)11-8-17-30(36(4,33)34)23-14-12-22(27)13-15-23/h7,9-10,12-15,18,20H,5-6,8,11,16-17,19H2,1-4H3,(H,28,32)/t20-/m0/s1. The van der Waals surface area contributed by atoms with Crippen molar-refractivity contribution in [3.63, 3.8) is 0 Å². The van der Waals surface area contributed by atoms with Gasteiger partial charge in [0.25, 0.3) is 0 Å². The number of amides is 2. The Morgan fingerprint density at radius 3 is 2.42 bits per heavy atom. The van der Waals surface area contributed by atoms with Crippen LogP contribution in [0, 0.1) is 0 Å². The van der Waals surface area contributed by atoms with Crippen molar-refractivity contribution in [2.45, 2.75) is 52.1 Å². The molecule has 0 aliphatic rings. The first kappa shape index (κ1) is 29.5. The average molecular weight is 538 g/mol. The van der Waals surface area contributed by atoms with E-state index in [2.05, 4.69) is 5.32 Å². The van der Waals surface area contributed by atoms with Gasteiger partial charge in [-0.2, -0.15) is 0 Å². The first-order valence-electron chi connectivity index (χ1n) is 12.0. The van der Waals surface area contributed by atoms with Gasteiger partial charge in [0.2, 0.25) is 21.8 Å². The Morgan fingerprint density at radius 2 is 1.81 bits per heavy atom. The zero-order valence-electron chi connectivity index (χ0n) is 21.4. The van der Waals surface area contributed by atoms with E-state index in [1.807, 2.05) is 31.2 Å². The van der Waals surface area contributed by atoms with Crippen molar-refractivity contribution in [3.05, 3.63) is 59.1 Å². The average Bonchev–Trinajstić information content (AvgIpc) is 2.85. The number of rotatable bonds is 14. The molecule has 0 aromatic heterocycles. The van der Waals surface area contributed by atoms with E-state index in [-0.39, 0.29) is 37.7 Å². The van der Waals surface area contributed by atoms with E-state index in [9.17, 15) is 18.0 Å². The number of benzene rings is 2. The molecular formula is C26H36ClN3O5S. The maximum atomic E-state index is 13.3. The van der Waals surface area contributed by atoms with Crippen molar-refractivity contribution in [1.82, 2.24) is 10.2 Å². The van der Waals surface area contributed by atoms with Gasteiger partial charge in [0.15, 0.2) is 0 Å². The third-order valence-electron chi connectivity index (χ3n) is 5.75. The summed E-state index contributed by atoms with van der Waals surface area (Å²) in [6.07, 6.45) is 3.30. The highest BCUT2D eigenvalue weighted by Crippen LogP contribution is 2.22. The molecular weight excluding hydrogens is 502 g/mol. The summed E-state index contributed by atoms with van der Waals surface area (Å²) in [6, 6.07) is 13.1. The molecule has 2 aromatic carbocycles. The lowest BCUT2D eigenvalue weighted by molar-refractivity contribution is -0.140. The lowest BCUT2D eigenvalue weighted by Crippen LogP contribution is -2.48. The van der Waals surface area contributed by atoms with Crippen LogP contribution in [0.5, 0.6) is 5.75 Å². The molecule has 0 saturated carbocycles. The maximum absolute atomic E-state index is 13.3. The summed E-state index contributed by atoms with van der Waals surface area (Å²) < 4.78 is 31.3. The fourth-order valence-electron chi connectivity index (χ4n) is 3.70. The second-order valence-corrected chi connectivity index (χ2v) is 11.0. The van der Waals surface area contributed by atoms with E-state index >= 15 is 0 Å². The predicted molar refractivity (Wildman–Crippen MR) is 144 cm³/mol. The Balaban J connectivity index is 2.16. The number of carbonyl (C=O) groups excluding carboxylic acids is 2. The number of methoxy groups -OCH3 is 1. The largest absolute Gasteiger partial charge is 0.497 e. The van der Waals surface area contributed by atoms with E-state index < -0.39 is 16.1 Å². The molecule has 198 valence electrons. The number of hydrogen-bond acceptors (Lipinski definition) is 5. The highest BCUT2D eigenvalue weighted by Gasteiger charge is 2.26. The van der Waals surface area contributed by atoms with Gasteiger partial charge in [-0.05, 0) is 61.7 Å². The van der Waals surface area contributed by atoms with Gasteiger partial charge in [-0.1, -0.05) is 37.1 Å². The topological polar surface area (TPSA) is 96.0 Å². The van der Waals surface area contributed by atoms with Crippen molar-refractivity contribution in [1.29, 1.82) is 0 Å². The first-order valence-corrected chi connectivity index (χ1v) is 14.2. The zero-order valence-corrected chi connectivity index (χ0v) is 22.9. The Hall–Kier alpha value is -2.78. The zero-order chi connectivity index (χ0) is 26.7. The molecule has 0 radical (unpaired) electrons. The molecule has 1 N–H and O–H groups in total. The van der Waals surface area contributed by atoms with Gasteiger partial charge >= 0.3 is 0 Å². The van der Waals surface area contributed by atoms with E-state index in [1.54, 1.807) is 38.3 Å². The predicted octanol–water partition coefficient (Wildman–Crippen LogP) is 4.23. The first-order chi connectivity index (χ1) is 17.1. The summed E-state index contributed by atoms with van der Waals surface area (Å²) >= 11 is 5.93. The van der Waals surface area contributed by atoms with Crippen LogP contribution in [-0.4, -0.2) is 57.6 Å². The van der Waals surface area contributed by atoms with Crippen LogP contribution < -0.4 is 14.4 Å². The molecule has 0 fully saturated rings. The molecule has 0 unspecified atom stereocenters. The van der Waals surface area contributed by atoms with E-state index in [0.717, 1.165) is 24.7 Å². The van der Waals surface area contributed by atoms with Gasteiger partial charge in [-0.3, -0.25) is 13.9 Å². The summed E-state index contributed by atoms with van der Waals surface area (Å²) in [5, 5.41) is 3.39. The Labute approximate surface area is 219 Å². The minimum absolute atomic E-state index is 0.0795. The molecule has 0 spiro atoms. The van der Waals surface area contributed by atoms with Gasteiger partial charge < -0.3 is 15.0 Å². The molecule has 2 rings (SSSR count). The van der Waals surface area contributed by atoms with Crippen LogP contribution in [0.3, 0.4) is 0 Å². The number of sulfonamides is 1. The molecule has 36 heavy (non-hydrogen) atoms. The van der Waals surface area contributed by atoms with Crippen LogP contribution in [0.15, 0.2) is 48.5 Å². The van der Waals surface area contributed by atoms with E-state index in [4.69, 9.17) is 16.3 Å². The third-order valence-corrected chi connectivity index (χ3v) is 7.20. The number of hydrogen-bond donors (Lipinski definition) is 1. The second-order valence-electron chi connectivity index (χ2n) is 8.61.